The van der Waals surface area contributed by atoms with E-state index < -0.39 is 5.97 Å². The lowest BCUT2D eigenvalue weighted by molar-refractivity contribution is 0.0697. The van der Waals surface area contributed by atoms with Crippen LogP contribution in [0.3, 0.4) is 0 Å². The highest BCUT2D eigenvalue weighted by Gasteiger charge is 2.15. The van der Waals surface area contributed by atoms with Gasteiger partial charge in [-0.05, 0) is 31.5 Å². The molecule has 0 amide bonds. The summed E-state index contributed by atoms with van der Waals surface area (Å²) in [6.45, 7) is 3.98. The van der Waals surface area contributed by atoms with Crippen LogP contribution in [0, 0.1) is 0 Å². The minimum Gasteiger partial charge on any atom is -0.508 e. The smallest absolute Gasteiger partial charge is 0.337 e. The zero-order valence-electron chi connectivity index (χ0n) is 10.3. The Balaban J connectivity index is 2.55. The van der Waals surface area contributed by atoms with Crippen LogP contribution in [0.4, 0.5) is 0 Å². The van der Waals surface area contributed by atoms with Gasteiger partial charge in [-0.3, -0.25) is 0 Å². The lowest BCUT2D eigenvalue weighted by Crippen LogP contribution is -1.98. The number of phenols is 1. The van der Waals surface area contributed by atoms with Crippen molar-refractivity contribution in [3.63, 3.8) is 0 Å². The van der Waals surface area contributed by atoms with Crippen molar-refractivity contribution < 1.29 is 15.0 Å². The Morgan fingerprint density at radius 1 is 1.17 bits per heavy atom. The number of hydrogen-bond acceptors (Lipinski definition) is 2. The number of nitrogens with zero attached hydrogens (tertiary/aromatic N) is 1. The van der Waals surface area contributed by atoms with Crippen LogP contribution >= 0.6 is 0 Å². The quantitative estimate of drug-likeness (QED) is 0.873. The summed E-state index contributed by atoms with van der Waals surface area (Å²) >= 11 is 0. The zero-order valence-corrected chi connectivity index (χ0v) is 10.3. The summed E-state index contributed by atoms with van der Waals surface area (Å²) in [5, 5.41) is 18.5. The first-order valence-electron chi connectivity index (χ1n) is 5.73. The molecule has 0 fully saturated rings. The van der Waals surface area contributed by atoms with E-state index in [-0.39, 0.29) is 17.4 Å². The van der Waals surface area contributed by atoms with Crippen LogP contribution in [0.5, 0.6) is 5.75 Å². The van der Waals surface area contributed by atoms with Gasteiger partial charge in [0.1, 0.15) is 5.75 Å². The number of carboxylic acid groups (broad SMARTS) is 1. The zero-order chi connectivity index (χ0) is 13.3. The van der Waals surface area contributed by atoms with Gasteiger partial charge >= 0.3 is 5.97 Å². The second-order valence-corrected chi connectivity index (χ2v) is 4.48. The van der Waals surface area contributed by atoms with Crippen LogP contribution < -0.4 is 0 Å². The highest BCUT2D eigenvalue weighted by molar-refractivity contribution is 5.96. The fourth-order valence-electron chi connectivity index (χ4n) is 1.81. The van der Waals surface area contributed by atoms with Crippen molar-refractivity contribution in [1.29, 1.82) is 0 Å². The van der Waals surface area contributed by atoms with Gasteiger partial charge in [-0.15, -0.1) is 0 Å². The van der Waals surface area contributed by atoms with Crippen molar-refractivity contribution in [2.75, 3.05) is 0 Å². The van der Waals surface area contributed by atoms with E-state index in [9.17, 15) is 15.0 Å². The fourth-order valence-corrected chi connectivity index (χ4v) is 1.81. The molecule has 0 bridgehead atoms. The molecule has 0 spiro atoms. The van der Waals surface area contributed by atoms with Crippen LogP contribution in [0.15, 0.2) is 36.7 Å². The number of rotatable bonds is 3. The summed E-state index contributed by atoms with van der Waals surface area (Å²) in [6, 6.07) is 6.72. The van der Waals surface area contributed by atoms with Gasteiger partial charge in [-0.2, -0.15) is 0 Å². The third-order valence-corrected chi connectivity index (χ3v) is 2.85. The summed E-state index contributed by atoms with van der Waals surface area (Å²) in [5.41, 5.74) is 1.72. The van der Waals surface area contributed by atoms with E-state index in [4.69, 9.17) is 0 Å². The number of hydrogen-bond donors (Lipinski definition) is 2. The van der Waals surface area contributed by atoms with Crippen molar-refractivity contribution in [2.45, 2.75) is 19.9 Å². The number of benzene rings is 1. The van der Waals surface area contributed by atoms with Gasteiger partial charge in [-0.1, -0.05) is 12.1 Å². The van der Waals surface area contributed by atoms with Gasteiger partial charge < -0.3 is 14.8 Å². The molecule has 2 aromatic rings. The van der Waals surface area contributed by atoms with Gasteiger partial charge in [-0.25, -0.2) is 4.79 Å². The molecule has 1 aromatic carbocycles. The molecule has 0 aliphatic carbocycles. The molecule has 4 nitrogen and oxygen atoms in total. The van der Waals surface area contributed by atoms with Crippen LogP contribution in [0.2, 0.25) is 0 Å². The Kier molecular flexibility index (Phi) is 3.10. The summed E-state index contributed by atoms with van der Waals surface area (Å²) < 4.78 is 1.87. The monoisotopic (exact) mass is 245 g/mol. The number of phenolic OH excluding ortho intramolecular Hbond substituents is 1. The summed E-state index contributed by atoms with van der Waals surface area (Å²) in [7, 11) is 0. The van der Waals surface area contributed by atoms with Crippen molar-refractivity contribution in [3.05, 3.63) is 42.2 Å². The predicted octanol–water partition coefficient (Wildman–Crippen LogP) is 3.14. The Morgan fingerprint density at radius 2 is 1.78 bits per heavy atom. The van der Waals surface area contributed by atoms with E-state index >= 15 is 0 Å². The molecule has 4 heteroatoms. The van der Waals surface area contributed by atoms with Crippen LogP contribution in [0.25, 0.3) is 11.1 Å². The first-order valence-corrected chi connectivity index (χ1v) is 5.73. The third-order valence-electron chi connectivity index (χ3n) is 2.85. The Labute approximate surface area is 105 Å². The molecule has 2 rings (SSSR count). The third kappa shape index (κ3) is 2.22. The molecule has 0 unspecified atom stereocenters. The molecule has 1 heterocycles. The molecule has 94 valence electrons. The molecule has 0 atom stereocenters. The molecule has 0 saturated carbocycles. The normalized spacial score (nSPS) is 10.8. The largest absolute Gasteiger partial charge is 0.508 e. The number of aromatic hydroxyl groups is 1. The fraction of sp³-hybridized carbons (Fsp3) is 0.214. The summed E-state index contributed by atoms with van der Waals surface area (Å²) in [6.07, 6.45) is 3.45. The van der Waals surface area contributed by atoms with Crippen molar-refractivity contribution in [1.82, 2.24) is 4.57 Å². The number of aromatic nitrogens is 1. The van der Waals surface area contributed by atoms with E-state index in [2.05, 4.69) is 0 Å². The second kappa shape index (κ2) is 4.56. The van der Waals surface area contributed by atoms with Crippen molar-refractivity contribution in [2.24, 2.45) is 0 Å². The summed E-state index contributed by atoms with van der Waals surface area (Å²) in [4.78, 5) is 11.2. The van der Waals surface area contributed by atoms with Crippen LogP contribution in [-0.4, -0.2) is 20.7 Å². The maximum atomic E-state index is 11.2. The van der Waals surface area contributed by atoms with Crippen molar-refractivity contribution >= 4 is 5.97 Å². The van der Waals surface area contributed by atoms with E-state index in [0.29, 0.717) is 5.56 Å². The van der Waals surface area contributed by atoms with Gasteiger partial charge in [0.25, 0.3) is 0 Å². The molecule has 0 saturated heterocycles. The number of carbonyl (C=O) groups is 1. The second-order valence-electron chi connectivity index (χ2n) is 4.48. The van der Waals surface area contributed by atoms with Crippen LogP contribution in [0.1, 0.15) is 30.2 Å². The van der Waals surface area contributed by atoms with Gasteiger partial charge in [0.05, 0.1) is 5.56 Å². The molecule has 0 radical (unpaired) electrons. The SMILES string of the molecule is CC(C)n1cc(C(=O)O)c(-c2ccc(O)cc2)c1. The van der Waals surface area contributed by atoms with E-state index in [0.717, 1.165) is 5.56 Å². The predicted molar refractivity (Wildman–Crippen MR) is 68.9 cm³/mol. The minimum atomic E-state index is -0.947. The number of aromatic carboxylic acids is 1. The molecular weight excluding hydrogens is 230 g/mol. The minimum absolute atomic E-state index is 0.166. The topological polar surface area (TPSA) is 62.5 Å². The van der Waals surface area contributed by atoms with Crippen molar-refractivity contribution in [3.8, 4) is 16.9 Å². The standard InChI is InChI=1S/C14H15NO3/c1-9(2)15-7-12(13(8-15)14(17)18)10-3-5-11(16)6-4-10/h3-9,16H,1-2H3,(H,17,18). The summed E-state index contributed by atoms with van der Waals surface area (Å²) in [5.74, 6) is -0.781. The molecule has 18 heavy (non-hydrogen) atoms. The lowest BCUT2D eigenvalue weighted by atomic mass is 10.0. The van der Waals surface area contributed by atoms with Gasteiger partial charge in [0.15, 0.2) is 0 Å². The maximum absolute atomic E-state index is 11.2. The first kappa shape index (κ1) is 12.2. The molecule has 1 aromatic heterocycles. The van der Waals surface area contributed by atoms with E-state index in [1.165, 1.54) is 0 Å². The molecule has 2 N–H and O–H groups in total. The maximum Gasteiger partial charge on any atom is 0.337 e. The first-order chi connectivity index (χ1) is 8.49. The Hall–Kier alpha value is -2.23. The van der Waals surface area contributed by atoms with Crippen LogP contribution in [-0.2, 0) is 0 Å². The Morgan fingerprint density at radius 3 is 2.28 bits per heavy atom. The Bertz CT molecular complexity index is 567. The molecular formula is C14H15NO3. The van der Waals surface area contributed by atoms with Gasteiger partial charge in [0, 0.05) is 24.0 Å². The molecule has 0 aliphatic heterocycles. The average Bonchev–Trinajstić information content (AvgIpc) is 2.75. The lowest BCUT2D eigenvalue weighted by Gasteiger charge is -2.05. The average molecular weight is 245 g/mol. The highest BCUT2D eigenvalue weighted by Crippen LogP contribution is 2.27. The highest BCUT2D eigenvalue weighted by atomic mass is 16.4. The van der Waals surface area contributed by atoms with E-state index in [1.807, 2.05) is 24.6 Å². The molecule has 0 aliphatic rings. The van der Waals surface area contributed by atoms with E-state index in [1.54, 1.807) is 30.5 Å². The van der Waals surface area contributed by atoms with Gasteiger partial charge in [0.2, 0.25) is 0 Å². The number of carboxylic acids is 1.